The fourth-order valence-electron chi connectivity index (χ4n) is 2.48. The molecule has 1 aromatic rings. The Labute approximate surface area is 130 Å². The Morgan fingerprint density at radius 1 is 1.33 bits per heavy atom. The molecule has 0 aromatic heterocycles. The highest BCUT2D eigenvalue weighted by atomic mass is 35.5. The Hall–Kier alpha value is -1.33. The molecule has 0 saturated heterocycles. The second-order valence-electron chi connectivity index (χ2n) is 5.37. The first-order chi connectivity index (χ1) is 9.82. The fourth-order valence-corrected chi connectivity index (χ4v) is 4.54. The van der Waals surface area contributed by atoms with Crippen LogP contribution in [0.2, 0.25) is 5.02 Å². The summed E-state index contributed by atoms with van der Waals surface area (Å²) in [6.45, 7) is 0. The molecule has 1 unspecified atom stereocenters. The van der Waals surface area contributed by atoms with Crippen LogP contribution in [0.15, 0.2) is 40.9 Å². The number of sulfone groups is 1. The molecule has 6 heteroatoms. The van der Waals surface area contributed by atoms with E-state index in [1.54, 1.807) is 23.2 Å². The number of ketones is 1. The van der Waals surface area contributed by atoms with Crippen molar-refractivity contribution in [3.8, 4) is 0 Å². The summed E-state index contributed by atoms with van der Waals surface area (Å²) in [6.07, 6.45) is 3.38. The van der Waals surface area contributed by atoms with Crippen molar-refractivity contribution in [3.05, 3.63) is 41.1 Å². The van der Waals surface area contributed by atoms with Gasteiger partial charge in [0.05, 0.1) is 4.90 Å². The molecule has 0 heterocycles. The topological polar surface area (TPSA) is 54.5 Å². The number of hydrogen-bond donors (Lipinski definition) is 0. The minimum absolute atomic E-state index is 0.111. The van der Waals surface area contributed by atoms with Crippen LogP contribution in [0.1, 0.15) is 19.3 Å². The van der Waals surface area contributed by atoms with Crippen LogP contribution < -0.4 is 0 Å². The van der Waals surface area contributed by atoms with Gasteiger partial charge in [-0.25, -0.2) is 8.42 Å². The Morgan fingerprint density at radius 3 is 2.67 bits per heavy atom. The molecule has 1 aliphatic rings. The van der Waals surface area contributed by atoms with E-state index in [1.807, 2.05) is 14.1 Å². The number of hydrogen-bond acceptors (Lipinski definition) is 4. The van der Waals surface area contributed by atoms with Gasteiger partial charge in [0.1, 0.15) is 5.25 Å². The molecule has 1 saturated carbocycles. The molecule has 0 aliphatic heterocycles. The summed E-state index contributed by atoms with van der Waals surface area (Å²) >= 11 is 5.86. The van der Waals surface area contributed by atoms with E-state index in [-0.39, 0.29) is 10.7 Å². The van der Waals surface area contributed by atoms with Crippen molar-refractivity contribution in [2.75, 3.05) is 14.1 Å². The SMILES string of the molecule is CN(C)C=C1CCCC(S(=O)(=O)c2cccc(Cl)c2)C1=O. The van der Waals surface area contributed by atoms with E-state index < -0.39 is 15.1 Å². The standard InChI is InChI=1S/C15H18ClNO3S/c1-17(2)10-11-5-3-8-14(15(11)18)21(19,20)13-7-4-6-12(16)9-13/h4,6-7,9-10,14H,3,5,8H2,1-2H3. The Morgan fingerprint density at radius 2 is 2.05 bits per heavy atom. The molecule has 1 aliphatic carbocycles. The number of carbonyl (C=O) groups is 1. The van der Waals surface area contributed by atoms with Crippen molar-refractivity contribution in [3.63, 3.8) is 0 Å². The number of benzene rings is 1. The smallest absolute Gasteiger partial charge is 0.188 e. The van der Waals surface area contributed by atoms with Crippen molar-refractivity contribution in [2.45, 2.75) is 29.4 Å². The first-order valence-corrected chi connectivity index (χ1v) is 8.65. The van der Waals surface area contributed by atoms with Crippen LogP contribution in [0.5, 0.6) is 0 Å². The van der Waals surface area contributed by atoms with Gasteiger partial charge < -0.3 is 4.90 Å². The van der Waals surface area contributed by atoms with Crippen LogP contribution in [0.4, 0.5) is 0 Å². The highest BCUT2D eigenvalue weighted by Crippen LogP contribution is 2.30. The normalized spacial score (nSPS) is 21.6. The van der Waals surface area contributed by atoms with Crippen molar-refractivity contribution >= 4 is 27.2 Å². The number of rotatable bonds is 3. The molecule has 1 aromatic carbocycles. The third kappa shape index (κ3) is 3.47. The molecule has 4 nitrogen and oxygen atoms in total. The second-order valence-corrected chi connectivity index (χ2v) is 7.93. The zero-order valence-corrected chi connectivity index (χ0v) is 13.6. The maximum atomic E-state index is 12.7. The quantitative estimate of drug-likeness (QED) is 0.801. The minimum Gasteiger partial charge on any atom is -0.383 e. The van der Waals surface area contributed by atoms with Crippen molar-refractivity contribution in [2.24, 2.45) is 0 Å². The van der Waals surface area contributed by atoms with Crippen molar-refractivity contribution in [1.29, 1.82) is 0 Å². The lowest BCUT2D eigenvalue weighted by molar-refractivity contribution is -0.116. The monoisotopic (exact) mass is 327 g/mol. The zero-order valence-electron chi connectivity index (χ0n) is 12.0. The van der Waals surface area contributed by atoms with Crippen LogP contribution in [0.3, 0.4) is 0 Å². The lowest BCUT2D eigenvalue weighted by atomic mass is 9.94. The third-order valence-electron chi connectivity index (χ3n) is 3.43. The van der Waals surface area contributed by atoms with Gasteiger partial charge in [-0.15, -0.1) is 0 Å². The molecule has 21 heavy (non-hydrogen) atoms. The van der Waals surface area contributed by atoms with Gasteiger partial charge >= 0.3 is 0 Å². The Bertz CT molecular complexity index is 680. The maximum absolute atomic E-state index is 12.7. The highest BCUT2D eigenvalue weighted by Gasteiger charge is 2.37. The summed E-state index contributed by atoms with van der Waals surface area (Å²) < 4.78 is 25.3. The number of nitrogens with zero attached hydrogens (tertiary/aromatic N) is 1. The molecule has 0 amide bonds. The van der Waals surface area contributed by atoms with E-state index in [2.05, 4.69) is 0 Å². The van der Waals surface area contributed by atoms with E-state index in [0.29, 0.717) is 29.9 Å². The molecule has 114 valence electrons. The van der Waals surface area contributed by atoms with E-state index in [1.165, 1.54) is 12.1 Å². The van der Waals surface area contributed by atoms with Crippen molar-refractivity contribution < 1.29 is 13.2 Å². The molecule has 0 bridgehead atoms. The molecule has 0 N–H and O–H groups in total. The summed E-state index contributed by atoms with van der Waals surface area (Å²) in [4.78, 5) is 14.3. The first kappa shape index (κ1) is 16.0. The van der Waals surface area contributed by atoms with Crippen LogP contribution in [-0.2, 0) is 14.6 Å². The van der Waals surface area contributed by atoms with Gasteiger partial charge in [-0.1, -0.05) is 17.7 Å². The lowest BCUT2D eigenvalue weighted by Crippen LogP contribution is -2.35. The number of halogens is 1. The molecular formula is C15H18ClNO3S. The minimum atomic E-state index is -3.70. The molecular weight excluding hydrogens is 310 g/mol. The maximum Gasteiger partial charge on any atom is 0.188 e. The summed E-state index contributed by atoms with van der Waals surface area (Å²) in [7, 11) is -0.0661. The average Bonchev–Trinajstić information content (AvgIpc) is 2.40. The van der Waals surface area contributed by atoms with Gasteiger partial charge in [0, 0.05) is 30.9 Å². The zero-order chi connectivity index (χ0) is 15.6. The predicted molar refractivity (Wildman–Crippen MR) is 83.1 cm³/mol. The predicted octanol–water partition coefficient (Wildman–Crippen LogP) is 2.68. The Balaban J connectivity index is 2.38. The second kappa shape index (κ2) is 6.20. The van der Waals surface area contributed by atoms with Gasteiger partial charge in [-0.2, -0.15) is 0 Å². The number of allylic oxidation sites excluding steroid dienone is 1. The van der Waals surface area contributed by atoms with Crippen LogP contribution in [0, 0.1) is 0 Å². The van der Waals surface area contributed by atoms with Gasteiger partial charge in [0.25, 0.3) is 0 Å². The summed E-state index contributed by atoms with van der Waals surface area (Å²) in [6, 6.07) is 6.08. The summed E-state index contributed by atoms with van der Waals surface area (Å²) in [5, 5.41) is -0.653. The van der Waals surface area contributed by atoms with E-state index >= 15 is 0 Å². The average molecular weight is 328 g/mol. The lowest BCUT2D eigenvalue weighted by Gasteiger charge is -2.24. The van der Waals surface area contributed by atoms with E-state index in [0.717, 1.165) is 0 Å². The van der Waals surface area contributed by atoms with E-state index in [9.17, 15) is 13.2 Å². The van der Waals surface area contributed by atoms with E-state index in [4.69, 9.17) is 11.6 Å². The largest absolute Gasteiger partial charge is 0.383 e. The highest BCUT2D eigenvalue weighted by molar-refractivity contribution is 7.92. The fraction of sp³-hybridized carbons (Fsp3) is 0.400. The molecule has 0 spiro atoms. The van der Waals surface area contributed by atoms with Crippen LogP contribution in [0.25, 0.3) is 0 Å². The first-order valence-electron chi connectivity index (χ1n) is 6.73. The van der Waals surface area contributed by atoms with Gasteiger partial charge in [0.15, 0.2) is 15.6 Å². The summed E-state index contributed by atoms with van der Waals surface area (Å²) in [5.41, 5.74) is 0.571. The van der Waals surface area contributed by atoms with Crippen LogP contribution >= 0.6 is 11.6 Å². The van der Waals surface area contributed by atoms with Gasteiger partial charge in [-0.05, 0) is 37.5 Å². The summed E-state index contributed by atoms with van der Waals surface area (Å²) in [5.74, 6) is -0.296. The van der Waals surface area contributed by atoms with Crippen LogP contribution in [-0.4, -0.2) is 38.4 Å². The third-order valence-corrected chi connectivity index (χ3v) is 5.78. The number of Topliss-reactive ketones (excluding diaryl/α,β-unsaturated/α-hetero) is 1. The molecule has 2 rings (SSSR count). The Kier molecular flexibility index (Phi) is 4.74. The molecule has 1 fully saturated rings. The molecule has 1 atom stereocenters. The van der Waals surface area contributed by atoms with Gasteiger partial charge in [0.2, 0.25) is 0 Å². The van der Waals surface area contributed by atoms with Crippen molar-refractivity contribution in [1.82, 2.24) is 4.90 Å². The molecule has 0 radical (unpaired) electrons. The van der Waals surface area contributed by atoms with Gasteiger partial charge in [-0.3, -0.25) is 4.79 Å². The number of carbonyl (C=O) groups excluding carboxylic acids is 1.